The van der Waals surface area contributed by atoms with Gasteiger partial charge in [-0.3, -0.25) is 0 Å². The number of para-hydroxylation sites is 2. The van der Waals surface area contributed by atoms with Crippen LogP contribution in [0, 0.1) is 0 Å². The van der Waals surface area contributed by atoms with Gasteiger partial charge in [0, 0.05) is 0 Å². The number of ether oxygens (including phenoxy) is 1. The Hall–Kier alpha value is -3.40. The number of nitrogens with zero attached hydrogens (tertiary/aromatic N) is 2. The number of fused-ring (bicyclic) bond motifs is 1. The van der Waals surface area contributed by atoms with Gasteiger partial charge in [0.25, 0.3) is 0 Å². The van der Waals surface area contributed by atoms with Crippen molar-refractivity contribution in [1.82, 2.24) is 9.97 Å². The van der Waals surface area contributed by atoms with Gasteiger partial charge in [-0.05, 0) is 48.4 Å². The van der Waals surface area contributed by atoms with Crippen LogP contribution in [-0.2, 0) is 6.42 Å². The van der Waals surface area contributed by atoms with Crippen molar-refractivity contribution in [2.75, 3.05) is 0 Å². The number of benzene rings is 3. The monoisotopic (exact) mass is 342 g/mol. The van der Waals surface area contributed by atoms with Crippen molar-refractivity contribution in [3.8, 4) is 28.8 Å². The number of phenolic OH excluding ortho intramolecular Hbond substituents is 1. The van der Waals surface area contributed by atoms with Crippen molar-refractivity contribution in [2.45, 2.75) is 13.3 Å². The van der Waals surface area contributed by atoms with Crippen LogP contribution in [0.25, 0.3) is 22.3 Å². The summed E-state index contributed by atoms with van der Waals surface area (Å²) >= 11 is 0. The minimum absolute atomic E-state index is 0.140. The first-order valence-electron chi connectivity index (χ1n) is 8.56. The Kier molecular flexibility index (Phi) is 4.23. The molecule has 0 aliphatic carbocycles. The summed E-state index contributed by atoms with van der Waals surface area (Å²) in [6.45, 7) is 2.12. The van der Waals surface area contributed by atoms with Crippen LogP contribution >= 0.6 is 0 Å². The van der Waals surface area contributed by atoms with Crippen LogP contribution in [0.1, 0.15) is 12.5 Å². The summed E-state index contributed by atoms with van der Waals surface area (Å²) in [6.07, 6.45) is 0.980. The summed E-state index contributed by atoms with van der Waals surface area (Å²) in [5.74, 6) is 1.76. The van der Waals surface area contributed by atoms with Crippen LogP contribution in [0.4, 0.5) is 0 Å². The molecule has 0 unspecified atom stereocenters. The molecule has 0 atom stereocenters. The molecule has 0 radical (unpaired) electrons. The Morgan fingerprint density at radius 2 is 1.58 bits per heavy atom. The van der Waals surface area contributed by atoms with E-state index in [2.05, 4.69) is 16.9 Å². The molecular weight excluding hydrogens is 324 g/mol. The number of aromatic nitrogens is 2. The summed E-state index contributed by atoms with van der Waals surface area (Å²) in [4.78, 5) is 9.16. The van der Waals surface area contributed by atoms with E-state index in [1.807, 2.05) is 54.6 Å². The molecule has 3 aromatic carbocycles. The molecule has 1 aromatic heterocycles. The second-order valence-corrected chi connectivity index (χ2v) is 5.99. The largest absolute Gasteiger partial charge is 0.507 e. The van der Waals surface area contributed by atoms with Gasteiger partial charge in [-0.15, -0.1) is 0 Å². The van der Waals surface area contributed by atoms with E-state index >= 15 is 0 Å². The van der Waals surface area contributed by atoms with E-state index in [0.717, 1.165) is 17.3 Å². The summed E-state index contributed by atoms with van der Waals surface area (Å²) in [6, 6.07) is 22.7. The van der Waals surface area contributed by atoms with Gasteiger partial charge in [0.2, 0.25) is 5.88 Å². The second-order valence-electron chi connectivity index (χ2n) is 5.99. The molecule has 0 saturated heterocycles. The lowest BCUT2D eigenvalue weighted by atomic mass is 10.1. The van der Waals surface area contributed by atoms with Gasteiger partial charge in [0.1, 0.15) is 11.5 Å². The van der Waals surface area contributed by atoms with Crippen molar-refractivity contribution in [3.63, 3.8) is 0 Å². The average Bonchev–Trinajstić information content (AvgIpc) is 2.69. The third-order valence-corrected chi connectivity index (χ3v) is 4.26. The van der Waals surface area contributed by atoms with Crippen molar-refractivity contribution in [3.05, 3.63) is 78.4 Å². The lowest BCUT2D eigenvalue weighted by Gasteiger charge is -2.11. The maximum Gasteiger partial charge on any atom is 0.230 e. The van der Waals surface area contributed by atoms with Gasteiger partial charge >= 0.3 is 0 Å². The predicted molar refractivity (Wildman–Crippen MR) is 103 cm³/mol. The zero-order chi connectivity index (χ0) is 17.9. The highest BCUT2D eigenvalue weighted by Gasteiger charge is 2.13. The molecule has 0 aliphatic rings. The first-order chi connectivity index (χ1) is 12.7. The average molecular weight is 342 g/mol. The van der Waals surface area contributed by atoms with Gasteiger partial charge in [-0.1, -0.05) is 43.3 Å². The smallest absolute Gasteiger partial charge is 0.230 e. The summed E-state index contributed by atoms with van der Waals surface area (Å²) in [7, 11) is 0. The number of phenols is 1. The van der Waals surface area contributed by atoms with Crippen LogP contribution < -0.4 is 4.74 Å². The summed E-state index contributed by atoms with van der Waals surface area (Å²) in [5, 5.41) is 11.0. The maximum atomic E-state index is 10.2. The fourth-order valence-electron chi connectivity index (χ4n) is 2.81. The molecule has 1 heterocycles. The first-order valence-corrected chi connectivity index (χ1v) is 8.56. The van der Waals surface area contributed by atoms with E-state index in [0.29, 0.717) is 23.0 Å². The number of rotatable bonds is 4. The number of hydrogen-bond acceptors (Lipinski definition) is 4. The molecule has 26 heavy (non-hydrogen) atoms. The minimum Gasteiger partial charge on any atom is -0.507 e. The highest BCUT2D eigenvalue weighted by molar-refractivity contribution is 5.85. The van der Waals surface area contributed by atoms with Crippen molar-refractivity contribution in [1.29, 1.82) is 0 Å². The van der Waals surface area contributed by atoms with Gasteiger partial charge in [-0.25, -0.2) is 4.98 Å². The quantitative estimate of drug-likeness (QED) is 0.542. The molecule has 4 aromatic rings. The third kappa shape index (κ3) is 3.09. The lowest BCUT2D eigenvalue weighted by molar-refractivity contribution is 0.467. The van der Waals surface area contributed by atoms with Crippen LogP contribution in [0.3, 0.4) is 0 Å². The molecule has 0 fully saturated rings. The van der Waals surface area contributed by atoms with Crippen molar-refractivity contribution in [2.24, 2.45) is 0 Å². The van der Waals surface area contributed by atoms with Crippen LogP contribution in [-0.4, -0.2) is 15.1 Å². The summed E-state index contributed by atoms with van der Waals surface area (Å²) < 4.78 is 6.06. The number of aromatic hydroxyl groups is 1. The molecule has 1 N–H and O–H groups in total. The SMILES string of the molecule is CCc1ccc(Oc2nc(-c3ccccc3O)nc3ccccc23)cc1. The molecule has 4 heteroatoms. The fourth-order valence-corrected chi connectivity index (χ4v) is 2.81. The molecule has 0 amide bonds. The van der Waals surface area contributed by atoms with Crippen LogP contribution in [0.5, 0.6) is 17.4 Å². The van der Waals surface area contributed by atoms with Crippen molar-refractivity contribution >= 4 is 10.9 Å². The van der Waals surface area contributed by atoms with Gasteiger partial charge in [0.15, 0.2) is 5.82 Å². The van der Waals surface area contributed by atoms with E-state index in [9.17, 15) is 5.11 Å². The Labute approximate surface area is 151 Å². The Bertz CT molecular complexity index is 1060. The highest BCUT2D eigenvalue weighted by Crippen LogP contribution is 2.32. The Morgan fingerprint density at radius 1 is 0.846 bits per heavy atom. The van der Waals surface area contributed by atoms with Gasteiger partial charge in [-0.2, -0.15) is 4.98 Å². The van der Waals surface area contributed by atoms with E-state index < -0.39 is 0 Å². The Balaban J connectivity index is 1.83. The maximum absolute atomic E-state index is 10.2. The fraction of sp³-hybridized carbons (Fsp3) is 0.0909. The topological polar surface area (TPSA) is 55.2 Å². The standard InChI is InChI=1S/C22H18N2O2/c1-2-15-11-13-16(14-12-15)26-22-17-7-3-5-9-19(17)23-21(24-22)18-8-4-6-10-20(18)25/h3-14,25H,2H2,1H3. The molecular formula is C22H18N2O2. The predicted octanol–water partition coefficient (Wildman–Crippen LogP) is 5.36. The van der Waals surface area contributed by atoms with Gasteiger partial charge < -0.3 is 9.84 Å². The molecule has 0 aliphatic heterocycles. The zero-order valence-electron chi connectivity index (χ0n) is 14.4. The highest BCUT2D eigenvalue weighted by atomic mass is 16.5. The molecule has 4 rings (SSSR count). The van der Waals surface area contributed by atoms with E-state index in [-0.39, 0.29) is 5.75 Å². The lowest BCUT2D eigenvalue weighted by Crippen LogP contribution is -1.96. The third-order valence-electron chi connectivity index (χ3n) is 4.26. The second kappa shape index (κ2) is 6.84. The van der Waals surface area contributed by atoms with Crippen molar-refractivity contribution < 1.29 is 9.84 Å². The normalized spacial score (nSPS) is 10.8. The molecule has 128 valence electrons. The van der Waals surface area contributed by atoms with Crippen LogP contribution in [0.15, 0.2) is 72.8 Å². The Morgan fingerprint density at radius 3 is 2.35 bits per heavy atom. The zero-order valence-corrected chi connectivity index (χ0v) is 14.4. The van der Waals surface area contributed by atoms with Gasteiger partial charge in [0.05, 0.1) is 16.5 Å². The van der Waals surface area contributed by atoms with E-state index in [4.69, 9.17) is 4.74 Å². The molecule has 0 saturated carbocycles. The van der Waals surface area contributed by atoms with E-state index in [1.165, 1.54) is 5.56 Å². The van der Waals surface area contributed by atoms with E-state index in [1.54, 1.807) is 18.2 Å². The molecule has 4 nitrogen and oxygen atoms in total. The molecule has 0 bridgehead atoms. The number of hydrogen-bond donors (Lipinski definition) is 1. The minimum atomic E-state index is 0.140. The first kappa shape index (κ1) is 16.1. The molecule has 0 spiro atoms. The van der Waals surface area contributed by atoms with Crippen LogP contribution in [0.2, 0.25) is 0 Å². The number of aryl methyl sites for hydroxylation is 1. The summed E-state index contributed by atoms with van der Waals surface area (Å²) in [5.41, 5.74) is 2.59.